The van der Waals surface area contributed by atoms with Gasteiger partial charge in [0.1, 0.15) is 17.7 Å². The second-order valence-electron chi connectivity index (χ2n) is 9.36. The molecule has 0 spiro atoms. The van der Waals surface area contributed by atoms with Crippen LogP contribution in [0.5, 0.6) is 0 Å². The van der Waals surface area contributed by atoms with Crippen LogP contribution in [0.15, 0.2) is 42.5 Å². The maximum Gasteiger partial charge on any atom is 0.408 e. The van der Waals surface area contributed by atoms with Gasteiger partial charge in [-0.25, -0.2) is 4.79 Å². The molecule has 0 aliphatic rings. The Kier molecular flexibility index (Phi) is 9.68. The highest BCUT2D eigenvalue weighted by Gasteiger charge is 2.35. The van der Waals surface area contributed by atoms with Crippen LogP contribution in [0.4, 0.5) is 10.5 Å². The number of carbonyl (C=O) groups is 3. The number of rotatable bonds is 8. The lowest BCUT2D eigenvalue weighted by molar-refractivity contribution is -0.141. The van der Waals surface area contributed by atoms with Crippen LogP contribution in [0.3, 0.4) is 0 Å². The number of amides is 3. The maximum atomic E-state index is 13.6. The van der Waals surface area contributed by atoms with Crippen LogP contribution in [0, 0.1) is 13.8 Å². The number of hydrogen-bond donors (Lipinski definition) is 3. The van der Waals surface area contributed by atoms with E-state index < -0.39 is 35.6 Å². The first-order valence-corrected chi connectivity index (χ1v) is 11.7. The van der Waals surface area contributed by atoms with Crippen molar-refractivity contribution in [3.63, 3.8) is 0 Å². The quantitative estimate of drug-likeness (QED) is 0.495. The molecule has 9 heteroatoms. The number of alkyl carbamates (subject to hydrolysis) is 1. The Hall–Kier alpha value is -3.10. The summed E-state index contributed by atoms with van der Waals surface area (Å²) < 4.78 is 5.25. The molecule has 35 heavy (non-hydrogen) atoms. The third-order valence-corrected chi connectivity index (χ3v) is 5.43. The van der Waals surface area contributed by atoms with Gasteiger partial charge in [0.2, 0.25) is 5.91 Å². The fraction of sp³-hybridized carbons (Fsp3) is 0.423. The van der Waals surface area contributed by atoms with Gasteiger partial charge in [-0.1, -0.05) is 53.6 Å². The van der Waals surface area contributed by atoms with E-state index in [1.807, 2.05) is 26.0 Å². The van der Waals surface area contributed by atoms with Crippen LogP contribution >= 0.6 is 11.6 Å². The smallest absolute Gasteiger partial charge is 0.408 e. The van der Waals surface area contributed by atoms with Crippen LogP contribution in [-0.2, 0) is 14.3 Å². The number of aryl methyl sites for hydroxylation is 2. The summed E-state index contributed by atoms with van der Waals surface area (Å²) in [6, 6.07) is 10.3. The average molecular weight is 504 g/mol. The number of nitrogens with one attached hydrogen (secondary N) is 2. The van der Waals surface area contributed by atoms with Gasteiger partial charge in [-0.15, -0.1) is 0 Å². The highest BCUT2D eigenvalue weighted by Crippen LogP contribution is 2.29. The zero-order valence-electron chi connectivity index (χ0n) is 21.0. The Balaban J connectivity index is 2.43. The molecule has 0 radical (unpaired) electrons. The Labute approximate surface area is 211 Å². The van der Waals surface area contributed by atoms with E-state index >= 15 is 0 Å². The highest BCUT2D eigenvalue weighted by atomic mass is 35.5. The molecule has 2 unspecified atom stereocenters. The first-order valence-electron chi connectivity index (χ1n) is 11.4. The SMILES string of the molecule is Cc1cccc(C(C(=O)Nc2c(C)cccc2Cl)N(CCO)C(=O)C(C)NC(=O)OC(C)(C)C)c1. The molecule has 0 aromatic heterocycles. The molecule has 2 aromatic rings. The average Bonchev–Trinajstić information content (AvgIpc) is 2.74. The lowest BCUT2D eigenvalue weighted by Crippen LogP contribution is -2.52. The van der Waals surface area contributed by atoms with Crippen molar-refractivity contribution >= 4 is 35.2 Å². The van der Waals surface area contributed by atoms with Crippen molar-refractivity contribution in [1.29, 1.82) is 0 Å². The van der Waals surface area contributed by atoms with Gasteiger partial charge in [0.25, 0.3) is 5.91 Å². The molecule has 3 N–H and O–H groups in total. The lowest BCUT2D eigenvalue weighted by atomic mass is 10.0. The Morgan fingerprint density at radius 1 is 1.11 bits per heavy atom. The Bertz CT molecular complexity index is 1050. The normalized spacial score (nSPS) is 12.9. The second kappa shape index (κ2) is 12.0. The van der Waals surface area contributed by atoms with E-state index in [0.717, 1.165) is 11.1 Å². The van der Waals surface area contributed by atoms with Gasteiger partial charge >= 0.3 is 6.09 Å². The van der Waals surface area contributed by atoms with Gasteiger partial charge < -0.3 is 25.4 Å². The predicted molar refractivity (Wildman–Crippen MR) is 136 cm³/mol. The van der Waals surface area contributed by atoms with E-state index in [0.29, 0.717) is 16.3 Å². The molecule has 2 rings (SSSR count). The number of nitrogens with zero attached hydrogens (tertiary/aromatic N) is 1. The molecule has 0 bridgehead atoms. The van der Waals surface area contributed by atoms with Crippen molar-refractivity contribution < 1.29 is 24.2 Å². The summed E-state index contributed by atoms with van der Waals surface area (Å²) in [5.41, 5.74) is 1.90. The second-order valence-corrected chi connectivity index (χ2v) is 9.77. The standard InChI is InChI=1S/C26H34ClN3O5/c1-16-9-7-11-19(15-16)22(23(32)29-21-17(2)10-8-12-20(21)27)30(13-14-31)24(33)18(3)28-25(34)35-26(4,5)6/h7-12,15,18,22,31H,13-14H2,1-6H3,(H,28,34)(H,29,32). The van der Waals surface area contributed by atoms with Gasteiger partial charge in [-0.05, 0) is 58.7 Å². The first kappa shape index (κ1) is 28.1. The molecule has 8 nitrogen and oxygen atoms in total. The van der Waals surface area contributed by atoms with Crippen molar-refractivity contribution in [2.24, 2.45) is 0 Å². The summed E-state index contributed by atoms with van der Waals surface area (Å²) in [6.45, 7) is 9.82. The molecular weight excluding hydrogens is 470 g/mol. The summed E-state index contributed by atoms with van der Waals surface area (Å²) >= 11 is 6.32. The van der Waals surface area contributed by atoms with Gasteiger partial charge in [0.05, 0.1) is 17.3 Å². The molecular formula is C26H34ClN3O5. The van der Waals surface area contributed by atoms with Crippen LogP contribution < -0.4 is 10.6 Å². The molecule has 0 saturated heterocycles. The number of aliphatic hydroxyl groups excluding tert-OH is 1. The Morgan fingerprint density at radius 3 is 2.34 bits per heavy atom. The third kappa shape index (κ3) is 7.97. The molecule has 0 aliphatic heterocycles. The van der Waals surface area contributed by atoms with Crippen molar-refractivity contribution in [3.8, 4) is 0 Å². The Morgan fingerprint density at radius 2 is 1.77 bits per heavy atom. The zero-order valence-corrected chi connectivity index (χ0v) is 21.8. The molecule has 0 saturated carbocycles. The van der Waals surface area contributed by atoms with Crippen molar-refractivity contribution in [2.75, 3.05) is 18.5 Å². The van der Waals surface area contributed by atoms with Crippen molar-refractivity contribution in [2.45, 2.75) is 59.2 Å². The summed E-state index contributed by atoms with van der Waals surface area (Å²) in [6.07, 6.45) is -0.759. The van der Waals surface area contributed by atoms with Gasteiger partial charge in [-0.2, -0.15) is 0 Å². The summed E-state index contributed by atoms with van der Waals surface area (Å²) in [5.74, 6) is -1.06. The summed E-state index contributed by atoms with van der Waals surface area (Å²) in [4.78, 5) is 40.6. The minimum Gasteiger partial charge on any atom is -0.444 e. The minimum absolute atomic E-state index is 0.132. The molecule has 0 fully saturated rings. The number of benzene rings is 2. The largest absolute Gasteiger partial charge is 0.444 e. The zero-order chi connectivity index (χ0) is 26.3. The molecule has 0 heterocycles. The van der Waals surface area contributed by atoms with Crippen LogP contribution in [0.2, 0.25) is 5.02 Å². The molecule has 0 aliphatic carbocycles. The van der Waals surface area contributed by atoms with Crippen molar-refractivity contribution in [1.82, 2.24) is 10.2 Å². The topological polar surface area (TPSA) is 108 Å². The number of para-hydroxylation sites is 1. The number of halogens is 1. The summed E-state index contributed by atoms with van der Waals surface area (Å²) in [5, 5.41) is 15.5. The number of ether oxygens (including phenoxy) is 1. The number of hydrogen-bond acceptors (Lipinski definition) is 5. The number of carbonyl (C=O) groups excluding carboxylic acids is 3. The molecule has 3 amide bonds. The molecule has 2 atom stereocenters. The van der Waals surface area contributed by atoms with E-state index in [2.05, 4.69) is 10.6 Å². The van der Waals surface area contributed by atoms with Gasteiger partial charge in [0.15, 0.2) is 0 Å². The minimum atomic E-state index is -1.09. The van der Waals surface area contributed by atoms with Gasteiger partial charge in [0, 0.05) is 6.54 Å². The monoisotopic (exact) mass is 503 g/mol. The first-order chi connectivity index (χ1) is 16.3. The molecule has 2 aromatic carbocycles. The van der Waals surface area contributed by atoms with Crippen LogP contribution in [0.1, 0.15) is 50.4 Å². The third-order valence-electron chi connectivity index (χ3n) is 5.12. The summed E-state index contributed by atoms with van der Waals surface area (Å²) in [7, 11) is 0. The lowest BCUT2D eigenvalue weighted by Gasteiger charge is -2.33. The molecule has 190 valence electrons. The number of anilines is 1. The van der Waals surface area contributed by atoms with E-state index in [1.165, 1.54) is 11.8 Å². The van der Waals surface area contributed by atoms with E-state index in [9.17, 15) is 19.5 Å². The fourth-order valence-electron chi connectivity index (χ4n) is 3.56. The fourth-order valence-corrected chi connectivity index (χ4v) is 3.83. The van der Waals surface area contributed by atoms with E-state index in [-0.39, 0.29) is 13.2 Å². The van der Waals surface area contributed by atoms with Crippen LogP contribution in [0.25, 0.3) is 0 Å². The maximum absolute atomic E-state index is 13.6. The van der Waals surface area contributed by atoms with E-state index in [1.54, 1.807) is 51.1 Å². The van der Waals surface area contributed by atoms with Gasteiger partial charge in [-0.3, -0.25) is 9.59 Å². The van der Waals surface area contributed by atoms with Crippen LogP contribution in [-0.4, -0.2) is 52.7 Å². The highest BCUT2D eigenvalue weighted by molar-refractivity contribution is 6.34. The predicted octanol–water partition coefficient (Wildman–Crippen LogP) is 4.37. The number of aliphatic hydroxyl groups is 1. The van der Waals surface area contributed by atoms with E-state index in [4.69, 9.17) is 16.3 Å². The van der Waals surface area contributed by atoms with Crippen molar-refractivity contribution in [3.05, 3.63) is 64.2 Å².